The largest absolute Gasteiger partial charge is 0.297 e. The van der Waals surface area contributed by atoms with Gasteiger partial charge in [0, 0.05) is 5.92 Å². The molecule has 2 saturated carbocycles. The van der Waals surface area contributed by atoms with Gasteiger partial charge in [-0.3, -0.25) is 9.69 Å². The highest BCUT2D eigenvalue weighted by Gasteiger charge is 2.48. The number of Topliss-reactive ketones (excluding diaryl/α,β-unsaturated/α-hetero) is 1. The van der Waals surface area contributed by atoms with Crippen LogP contribution in [0, 0.1) is 5.92 Å². The molecule has 108 valence electrons. The maximum Gasteiger partial charge on any atom is 0.156 e. The second-order valence-corrected chi connectivity index (χ2v) is 6.99. The lowest BCUT2D eigenvalue weighted by Crippen LogP contribution is -2.56. The Morgan fingerprint density at radius 2 is 1.37 bits per heavy atom. The molecule has 0 bridgehead atoms. The summed E-state index contributed by atoms with van der Waals surface area (Å²) in [4.78, 5) is 15.8. The average Bonchev–Trinajstić information content (AvgIpc) is 2.99. The summed E-state index contributed by atoms with van der Waals surface area (Å²) in [5.74, 6) is 1.04. The van der Waals surface area contributed by atoms with Crippen LogP contribution in [0.4, 0.5) is 0 Å². The Morgan fingerprint density at radius 1 is 0.789 bits per heavy atom. The highest BCUT2D eigenvalue weighted by atomic mass is 16.1. The fourth-order valence-electron chi connectivity index (χ4n) is 4.75. The minimum atomic E-state index is -0.0254. The van der Waals surface area contributed by atoms with E-state index in [0.717, 1.165) is 12.8 Å². The second-order valence-electron chi connectivity index (χ2n) is 6.99. The summed E-state index contributed by atoms with van der Waals surface area (Å²) >= 11 is 0. The van der Waals surface area contributed by atoms with E-state index in [9.17, 15) is 4.79 Å². The molecule has 0 unspecified atom stereocenters. The van der Waals surface area contributed by atoms with Crippen molar-refractivity contribution in [3.8, 4) is 0 Å². The molecule has 3 aliphatic rings. The minimum absolute atomic E-state index is 0.0254. The van der Waals surface area contributed by atoms with Crippen LogP contribution in [-0.4, -0.2) is 29.3 Å². The Kier molecular flexibility index (Phi) is 4.26. The Labute approximate surface area is 117 Å². The van der Waals surface area contributed by atoms with Crippen LogP contribution in [0.2, 0.25) is 0 Å². The van der Waals surface area contributed by atoms with Crippen molar-refractivity contribution in [3.05, 3.63) is 0 Å². The lowest BCUT2D eigenvalue weighted by molar-refractivity contribution is -0.137. The first-order chi connectivity index (χ1) is 9.33. The summed E-state index contributed by atoms with van der Waals surface area (Å²) in [6.07, 6.45) is 15.1. The molecular formula is C17H29NO. The predicted octanol–water partition coefficient (Wildman–Crippen LogP) is 3.93. The number of likely N-dealkylation sites (tertiary alicyclic amines) is 1. The van der Waals surface area contributed by atoms with Crippen molar-refractivity contribution >= 4 is 5.78 Å². The van der Waals surface area contributed by atoms with Crippen LogP contribution in [0.25, 0.3) is 0 Å². The molecule has 0 spiro atoms. The summed E-state index contributed by atoms with van der Waals surface area (Å²) in [5.41, 5.74) is -0.0254. The van der Waals surface area contributed by atoms with Crippen LogP contribution in [0.1, 0.15) is 77.0 Å². The first kappa shape index (κ1) is 13.6. The van der Waals surface area contributed by atoms with Gasteiger partial charge < -0.3 is 0 Å². The highest BCUT2D eigenvalue weighted by Crippen LogP contribution is 2.41. The second kappa shape index (κ2) is 5.95. The number of hydrogen-bond acceptors (Lipinski definition) is 2. The van der Waals surface area contributed by atoms with Gasteiger partial charge >= 0.3 is 0 Å². The molecule has 3 rings (SSSR count). The van der Waals surface area contributed by atoms with E-state index < -0.39 is 0 Å². The molecule has 0 aromatic heterocycles. The number of ketones is 1. The number of carbonyl (C=O) groups excluding carboxylic acids is 1. The van der Waals surface area contributed by atoms with Crippen LogP contribution in [-0.2, 0) is 4.79 Å². The predicted molar refractivity (Wildman–Crippen MR) is 78.2 cm³/mol. The minimum Gasteiger partial charge on any atom is -0.297 e. The zero-order valence-electron chi connectivity index (χ0n) is 12.3. The van der Waals surface area contributed by atoms with Crippen molar-refractivity contribution in [3.63, 3.8) is 0 Å². The molecule has 2 heteroatoms. The fraction of sp³-hybridized carbons (Fsp3) is 0.941. The normalized spacial score (nSPS) is 29.5. The zero-order valence-corrected chi connectivity index (χ0v) is 12.3. The van der Waals surface area contributed by atoms with Gasteiger partial charge in [0.05, 0.1) is 5.54 Å². The van der Waals surface area contributed by atoms with Gasteiger partial charge in [0.2, 0.25) is 0 Å². The number of piperidine rings is 1. The third-order valence-electron chi connectivity index (χ3n) is 5.83. The lowest BCUT2D eigenvalue weighted by atomic mass is 9.76. The van der Waals surface area contributed by atoms with Gasteiger partial charge in [0.1, 0.15) is 0 Å². The molecule has 19 heavy (non-hydrogen) atoms. The van der Waals surface area contributed by atoms with E-state index in [-0.39, 0.29) is 5.54 Å². The standard InChI is InChI=1S/C17H29NO/c19-16(15-9-3-1-4-10-15)17(11-5-6-12-17)18-13-7-2-8-14-18/h15H,1-14H2. The Hall–Kier alpha value is -0.370. The molecule has 0 radical (unpaired) electrons. The van der Waals surface area contributed by atoms with Crippen LogP contribution in [0.15, 0.2) is 0 Å². The third-order valence-corrected chi connectivity index (χ3v) is 5.83. The summed E-state index contributed by atoms with van der Waals surface area (Å²) in [6, 6.07) is 0. The summed E-state index contributed by atoms with van der Waals surface area (Å²) in [5, 5.41) is 0. The molecule has 0 amide bonds. The molecule has 0 atom stereocenters. The molecule has 2 nitrogen and oxygen atoms in total. The van der Waals surface area contributed by atoms with Crippen molar-refractivity contribution in [1.82, 2.24) is 4.90 Å². The molecule has 1 saturated heterocycles. The van der Waals surface area contributed by atoms with Crippen molar-refractivity contribution < 1.29 is 4.79 Å². The van der Waals surface area contributed by atoms with Crippen LogP contribution >= 0.6 is 0 Å². The van der Waals surface area contributed by atoms with Crippen LogP contribution in [0.3, 0.4) is 0 Å². The number of hydrogen-bond donors (Lipinski definition) is 0. The molecule has 0 aromatic carbocycles. The van der Waals surface area contributed by atoms with E-state index in [2.05, 4.69) is 4.90 Å². The summed E-state index contributed by atoms with van der Waals surface area (Å²) in [6.45, 7) is 2.36. The van der Waals surface area contributed by atoms with Gasteiger partial charge in [0.15, 0.2) is 5.78 Å². The van der Waals surface area contributed by atoms with Gasteiger partial charge in [-0.05, 0) is 51.6 Å². The van der Waals surface area contributed by atoms with E-state index in [1.807, 2.05) is 0 Å². The molecule has 1 aliphatic heterocycles. The van der Waals surface area contributed by atoms with E-state index in [1.54, 1.807) is 0 Å². The van der Waals surface area contributed by atoms with Gasteiger partial charge in [-0.15, -0.1) is 0 Å². The first-order valence-corrected chi connectivity index (χ1v) is 8.62. The molecular weight excluding hydrogens is 234 g/mol. The van der Waals surface area contributed by atoms with Crippen molar-refractivity contribution in [1.29, 1.82) is 0 Å². The Bertz CT molecular complexity index is 307. The Balaban J connectivity index is 1.76. The zero-order chi connectivity index (χ0) is 13.1. The topological polar surface area (TPSA) is 20.3 Å². The maximum atomic E-state index is 13.2. The van der Waals surface area contributed by atoms with E-state index >= 15 is 0 Å². The number of rotatable bonds is 3. The summed E-state index contributed by atoms with van der Waals surface area (Å²) < 4.78 is 0. The van der Waals surface area contributed by atoms with E-state index in [4.69, 9.17) is 0 Å². The van der Waals surface area contributed by atoms with Crippen LogP contribution in [0.5, 0.6) is 0 Å². The average molecular weight is 263 g/mol. The third kappa shape index (κ3) is 2.61. The van der Waals surface area contributed by atoms with Gasteiger partial charge in [-0.25, -0.2) is 0 Å². The molecule has 0 aromatic rings. The smallest absolute Gasteiger partial charge is 0.156 e. The fourth-order valence-corrected chi connectivity index (χ4v) is 4.75. The molecule has 0 N–H and O–H groups in total. The summed E-state index contributed by atoms with van der Waals surface area (Å²) in [7, 11) is 0. The number of carbonyl (C=O) groups is 1. The SMILES string of the molecule is O=C(C1CCCCC1)C1(N2CCCCC2)CCCC1. The monoisotopic (exact) mass is 263 g/mol. The van der Waals surface area contributed by atoms with Crippen molar-refractivity contribution in [2.45, 2.75) is 82.6 Å². The molecule has 1 heterocycles. The highest BCUT2D eigenvalue weighted by molar-refractivity contribution is 5.91. The quantitative estimate of drug-likeness (QED) is 0.769. The van der Waals surface area contributed by atoms with E-state index in [0.29, 0.717) is 11.7 Å². The van der Waals surface area contributed by atoms with Crippen LogP contribution < -0.4 is 0 Å². The van der Waals surface area contributed by atoms with E-state index in [1.165, 1.54) is 77.3 Å². The van der Waals surface area contributed by atoms with Gasteiger partial charge in [-0.2, -0.15) is 0 Å². The van der Waals surface area contributed by atoms with Gasteiger partial charge in [-0.1, -0.05) is 38.5 Å². The Morgan fingerprint density at radius 3 is 2.00 bits per heavy atom. The maximum absolute atomic E-state index is 13.2. The van der Waals surface area contributed by atoms with Crippen molar-refractivity contribution in [2.75, 3.05) is 13.1 Å². The van der Waals surface area contributed by atoms with Crippen molar-refractivity contribution in [2.24, 2.45) is 5.92 Å². The number of nitrogens with zero attached hydrogens (tertiary/aromatic N) is 1. The molecule has 2 aliphatic carbocycles. The molecule has 3 fully saturated rings. The van der Waals surface area contributed by atoms with Gasteiger partial charge in [0.25, 0.3) is 0 Å². The first-order valence-electron chi connectivity index (χ1n) is 8.62. The lowest BCUT2D eigenvalue weighted by Gasteiger charge is -2.44.